The zero-order chi connectivity index (χ0) is 11.5. The van der Waals surface area contributed by atoms with Crippen molar-refractivity contribution in [1.29, 1.82) is 0 Å². The smallest absolute Gasteiger partial charge is 0.219 e. The minimum atomic E-state index is -0.137. The normalized spacial score (nSPS) is 17.4. The summed E-state index contributed by atoms with van der Waals surface area (Å²) < 4.78 is 5.35. The number of ether oxygens (including phenoxy) is 1. The predicted molar refractivity (Wildman–Crippen MR) is 62.4 cm³/mol. The van der Waals surface area contributed by atoms with E-state index in [9.17, 15) is 0 Å². The summed E-state index contributed by atoms with van der Waals surface area (Å²) in [5, 5.41) is 0. The molecule has 0 aromatic carbocycles. The minimum absolute atomic E-state index is 0.137. The second kappa shape index (κ2) is 4.78. The molecule has 4 heteroatoms. The van der Waals surface area contributed by atoms with Gasteiger partial charge in [0.05, 0.1) is 18.8 Å². The lowest BCUT2D eigenvalue weighted by molar-refractivity contribution is 0.386. The van der Waals surface area contributed by atoms with Crippen molar-refractivity contribution < 1.29 is 4.74 Å². The third-order valence-electron chi connectivity index (χ3n) is 3.01. The summed E-state index contributed by atoms with van der Waals surface area (Å²) >= 11 is 0. The summed E-state index contributed by atoms with van der Waals surface area (Å²) in [5.41, 5.74) is 8.15. The van der Waals surface area contributed by atoms with E-state index in [-0.39, 0.29) is 6.04 Å². The molecule has 0 aliphatic heterocycles. The van der Waals surface area contributed by atoms with Crippen LogP contribution in [-0.2, 0) is 12.8 Å². The number of aromatic nitrogens is 2. The third-order valence-corrected chi connectivity index (χ3v) is 3.01. The average Bonchev–Trinajstić information content (AvgIpc) is 2.52. The van der Waals surface area contributed by atoms with Crippen molar-refractivity contribution in [2.45, 2.75) is 45.1 Å². The largest absolute Gasteiger partial charge is 0.481 e. The molecule has 0 saturated heterocycles. The minimum Gasteiger partial charge on any atom is -0.481 e. The average molecular weight is 221 g/mol. The van der Waals surface area contributed by atoms with Gasteiger partial charge in [0.25, 0.3) is 0 Å². The first-order valence-electron chi connectivity index (χ1n) is 5.91. The van der Waals surface area contributed by atoms with Gasteiger partial charge in [0.15, 0.2) is 0 Å². The van der Waals surface area contributed by atoms with E-state index in [1.165, 1.54) is 24.8 Å². The Labute approximate surface area is 96.2 Å². The quantitative estimate of drug-likeness (QED) is 0.773. The van der Waals surface area contributed by atoms with E-state index in [4.69, 9.17) is 10.5 Å². The van der Waals surface area contributed by atoms with Crippen molar-refractivity contribution in [3.8, 4) is 5.88 Å². The molecule has 0 bridgehead atoms. The predicted octanol–water partition coefficient (Wildman–Crippen LogP) is 1.77. The SMILES string of the molecule is COc1nc(C(C)N)nc2c1CCCCC2. The summed E-state index contributed by atoms with van der Waals surface area (Å²) in [6.07, 6.45) is 5.70. The maximum Gasteiger partial charge on any atom is 0.219 e. The van der Waals surface area contributed by atoms with Crippen LogP contribution >= 0.6 is 0 Å². The highest BCUT2D eigenvalue weighted by Gasteiger charge is 2.18. The van der Waals surface area contributed by atoms with Crippen LogP contribution in [0.2, 0.25) is 0 Å². The topological polar surface area (TPSA) is 61.0 Å². The molecule has 0 radical (unpaired) electrons. The second-order valence-electron chi connectivity index (χ2n) is 4.37. The number of nitrogens with two attached hydrogens (primary N) is 1. The molecule has 1 unspecified atom stereocenters. The summed E-state index contributed by atoms with van der Waals surface area (Å²) in [7, 11) is 1.67. The summed E-state index contributed by atoms with van der Waals surface area (Å²) in [4.78, 5) is 8.95. The lowest BCUT2D eigenvalue weighted by Gasteiger charge is -2.13. The number of rotatable bonds is 2. The second-order valence-corrected chi connectivity index (χ2v) is 4.37. The monoisotopic (exact) mass is 221 g/mol. The van der Waals surface area contributed by atoms with Gasteiger partial charge in [0.1, 0.15) is 5.82 Å². The van der Waals surface area contributed by atoms with Crippen LogP contribution in [0.4, 0.5) is 0 Å². The molecule has 1 aliphatic carbocycles. The van der Waals surface area contributed by atoms with E-state index in [1.807, 2.05) is 6.92 Å². The zero-order valence-electron chi connectivity index (χ0n) is 9.99. The van der Waals surface area contributed by atoms with E-state index in [0.29, 0.717) is 5.82 Å². The van der Waals surface area contributed by atoms with Crippen LogP contribution in [0.3, 0.4) is 0 Å². The first-order valence-corrected chi connectivity index (χ1v) is 5.91. The van der Waals surface area contributed by atoms with Crippen LogP contribution in [0.5, 0.6) is 5.88 Å². The van der Waals surface area contributed by atoms with Gasteiger partial charge in [-0.1, -0.05) is 6.42 Å². The van der Waals surface area contributed by atoms with Crippen molar-refractivity contribution in [2.24, 2.45) is 5.73 Å². The Kier molecular flexibility index (Phi) is 3.39. The maximum absolute atomic E-state index is 5.83. The van der Waals surface area contributed by atoms with Crippen LogP contribution in [0.15, 0.2) is 0 Å². The molecule has 0 amide bonds. The van der Waals surface area contributed by atoms with Crippen molar-refractivity contribution in [3.63, 3.8) is 0 Å². The number of fused-ring (bicyclic) bond motifs is 1. The fourth-order valence-electron chi connectivity index (χ4n) is 2.13. The molecular formula is C12H19N3O. The number of nitrogens with zero attached hydrogens (tertiary/aromatic N) is 2. The molecule has 2 rings (SSSR count). The van der Waals surface area contributed by atoms with E-state index >= 15 is 0 Å². The van der Waals surface area contributed by atoms with Crippen molar-refractivity contribution in [1.82, 2.24) is 9.97 Å². The van der Waals surface area contributed by atoms with Crippen molar-refractivity contribution in [2.75, 3.05) is 7.11 Å². The Hall–Kier alpha value is -1.16. The fraction of sp³-hybridized carbons (Fsp3) is 0.667. The van der Waals surface area contributed by atoms with Gasteiger partial charge in [-0.05, 0) is 32.6 Å². The Morgan fingerprint density at radius 3 is 2.62 bits per heavy atom. The van der Waals surface area contributed by atoms with Gasteiger partial charge in [0, 0.05) is 5.56 Å². The molecule has 0 saturated carbocycles. The first-order chi connectivity index (χ1) is 7.72. The van der Waals surface area contributed by atoms with Gasteiger partial charge in [-0.15, -0.1) is 0 Å². The van der Waals surface area contributed by atoms with Crippen molar-refractivity contribution >= 4 is 0 Å². The molecule has 1 heterocycles. The van der Waals surface area contributed by atoms with Gasteiger partial charge in [-0.25, -0.2) is 4.98 Å². The van der Waals surface area contributed by atoms with E-state index in [0.717, 1.165) is 24.4 Å². The van der Waals surface area contributed by atoms with Crippen LogP contribution in [0.1, 0.15) is 49.3 Å². The van der Waals surface area contributed by atoms with Crippen molar-refractivity contribution in [3.05, 3.63) is 17.1 Å². The molecule has 16 heavy (non-hydrogen) atoms. The number of hydrogen-bond acceptors (Lipinski definition) is 4. The van der Waals surface area contributed by atoms with E-state index in [2.05, 4.69) is 9.97 Å². The lowest BCUT2D eigenvalue weighted by Crippen LogP contribution is -2.14. The zero-order valence-corrected chi connectivity index (χ0v) is 9.99. The Balaban J connectivity index is 2.46. The number of hydrogen-bond donors (Lipinski definition) is 1. The Morgan fingerprint density at radius 1 is 1.19 bits per heavy atom. The van der Waals surface area contributed by atoms with Gasteiger partial charge in [-0.2, -0.15) is 4.98 Å². The van der Waals surface area contributed by atoms with Crippen LogP contribution in [0, 0.1) is 0 Å². The highest BCUT2D eigenvalue weighted by molar-refractivity contribution is 5.32. The van der Waals surface area contributed by atoms with E-state index in [1.54, 1.807) is 7.11 Å². The molecule has 88 valence electrons. The van der Waals surface area contributed by atoms with Gasteiger partial charge < -0.3 is 10.5 Å². The molecule has 1 aliphatic rings. The molecule has 0 fully saturated rings. The van der Waals surface area contributed by atoms with Gasteiger partial charge in [-0.3, -0.25) is 0 Å². The number of aryl methyl sites for hydroxylation is 1. The fourth-order valence-corrected chi connectivity index (χ4v) is 2.13. The Morgan fingerprint density at radius 2 is 1.94 bits per heavy atom. The highest BCUT2D eigenvalue weighted by atomic mass is 16.5. The molecule has 4 nitrogen and oxygen atoms in total. The molecule has 2 N–H and O–H groups in total. The standard InChI is InChI=1S/C12H19N3O/c1-8(13)11-14-10-7-5-3-4-6-9(10)12(15-11)16-2/h8H,3-7,13H2,1-2H3. The molecular weight excluding hydrogens is 202 g/mol. The van der Waals surface area contributed by atoms with Gasteiger partial charge in [0.2, 0.25) is 5.88 Å². The van der Waals surface area contributed by atoms with Crippen LogP contribution in [-0.4, -0.2) is 17.1 Å². The number of methoxy groups -OCH3 is 1. The molecule has 0 spiro atoms. The van der Waals surface area contributed by atoms with E-state index < -0.39 is 0 Å². The molecule has 1 atom stereocenters. The highest BCUT2D eigenvalue weighted by Crippen LogP contribution is 2.27. The third kappa shape index (κ3) is 2.16. The van der Waals surface area contributed by atoms with Crippen LogP contribution in [0.25, 0.3) is 0 Å². The summed E-state index contributed by atoms with van der Waals surface area (Å²) in [6, 6.07) is -0.137. The lowest BCUT2D eigenvalue weighted by atomic mass is 10.1. The summed E-state index contributed by atoms with van der Waals surface area (Å²) in [5.74, 6) is 1.41. The molecule has 1 aromatic heterocycles. The maximum atomic E-state index is 5.83. The Bertz CT molecular complexity index is 377. The van der Waals surface area contributed by atoms with Gasteiger partial charge >= 0.3 is 0 Å². The van der Waals surface area contributed by atoms with Crippen LogP contribution < -0.4 is 10.5 Å². The summed E-state index contributed by atoms with van der Waals surface area (Å²) in [6.45, 7) is 1.90. The molecule has 1 aromatic rings. The first kappa shape index (κ1) is 11.3.